The van der Waals surface area contributed by atoms with Gasteiger partial charge in [-0.25, -0.2) is 0 Å². The van der Waals surface area contributed by atoms with Crippen LogP contribution in [-0.2, 0) is 0 Å². The van der Waals surface area contributed by atoms with Gasteiger partial charge in [-0.3, -0.25) is 0 Å². The molecule has 2 saturated carbocycles. The van der Waals surface area contributed by atoms with Crippen LogP contribution >= 0.6 is 0 Å². The van der Waals surface area contributed by atoms with Crippen molar-refractivity contribution in [2.75, 3.05) is 14.1 Å². The molecule has 2 rings (SSSR count). The van der Waals surface area contributed by atoms with E-state index in [0.717, 1.165) is 18.1 Å². The fourth-order valence-corrected chi connectivity index (χ4v) is 2.69. The van der Waals surface area contributed by atoms with Gasteiger partial charge in [0.1, 0.15) is 0 Å². The van der Waals surface area contributed by atoms with Gasteiger partial charge in [-0.2, -0.15) is 0 Å². The predicted octanol–water partition coefficient (Wildman–Crippen LogP) is 2.00. The van der Waals surface area contributed by atoms with Crippen molar-refractivity contribution >= 4 is 0 Å². The molecular formula is C12H24N2. The van der Waals surface area contributed by atoms with Crippen LogP contribution in [0.4, 0.5) is 0 Å². The summed E-state index contributed by atoms with van der Waals surface area (Å²) in [4.78, 5) is 2.40. The number of nitrogens with zero attached hydrogens (tertiary/aromatic N) is 1. The van der Waals surface area contributed by atoms with Gasteiger partial charge in [-0.05, 0) is 46.2 Å². The molecular weight excluding hydrogens is 172 g/mol. The summed E-state index contributed by atoms with van der Waals surface area (Å²) in [6, 6.07) is 2.49. The van der Waals surface area contributed by atoms with E-state index in [-0.39, 0.29) is 0 Å². The van der Waals surface area contributed by atoms with E-state index >= 15 is 0 Å². The fourth-order valence-electron chi connectivity index (χ4n) is 2.69. The molecule has 0 aromatic carbocycles. The Labute approximate surface area is 88.1 Å². The molecule has 0 heterocycles. The molecule has 2 unspecified atom stereocenters. The lowest BCUT2D eigenvalue weighted by Crippen LogP contribution is -2.47. The third-order valence-corrected chi connectivity index (χ3v) is 3.95. The van der Waals surface area contributed by atoms with Crippen molar-refractivity contribution < 1.29 is 0 Å². The van der Waals surface area contributed by atoms with E-state index in [1.165, 1.54) is 44.9 Å². The molecule has 0 saturated heterocycles. The minimum Gasteiger partial charge on any atom is -0.311 e. The minimum atomic E-state index is 0.807. The van der Waals surface area contributed by atoms with Crippen molar-refractivity contribution in [2.24, 2.45) is 0 Å². The minimum absolute atomic E-state index is 0.807. The lowest BCUT2D eigenvalue weighted by Gasteiger charge is -2.38. The second-order valence-corrected chi connectivity index (χ2v) is 5.28. The van der Waals surface area contributed by atoms with Gasteiger partial charge < -0.3 is 10.2 Å². The van der Waals surface area contributed by atoms with Crippen LogP contribution in [0.3, 0.4) is 0 Å². The van der Waals surface area contributed by atoms with Crippen molar-refractivity contribution in [3.05, 3.63) is 0 Å². The third kappa shape index (κ3) is 2.48. The highest BCUT2D eigenvalue weighted by atomic mass is 15.1. The van der Waals surface area contributed by atoms with E-state index in [1.54, 1.807) is 0 Å². The largest absolute Gasteiger partial charge is 0.311 e. The molecule has 0 aromatic rings. The first kappa shape index (κ1) is 10.4. The van der Waals surface area contributed by atoms with Crippen LogP contribution in [0.5, 0.6) is 0 Å². The Kier molecular flexibility index (Phi) is 3.45. The molecule has 82 valence electrons. The molecule has 2 fully saturated rings. The highest BCUT2D eigenvalue weighted by molar-refractivity contribution is 4.86. The number of hydrogen-bond donors (Lipinski definition) is 1. The van der Waals surface area contributed by atoms with Gasteiger partial charge in [0.25, 0.3) is 0 Å². The van der Waals surface area contributed by atoms with E-state index in [0.29, 0.717) is 0 Å². The molecule has 0 amide bonds. The zero-order valence-electron chi connectivity index (χ0n) is 9.63. The molecule has 2 atom stereocenters. The van der Waals surface area contributed by atoms with Crippen LogP contribution in [0.25, 0.3) is 0 Å². The van der Waals surface area contributed by atoms with Gasteiger partial charge in [0.15, 0.2) is 0 Å². The molecule has 0 aromatic heterocycles. The topological polar surface area (TPSA) is 15.3 Å². The van der Waals surface area contributed by atoms with E-state index in [2.05, 4.69) is 24.3 Å². The first-order valence-corrected chi connectivity index (χ1v) is 6.18. The molecule has 14 heavy (non-hydrogen) atoms. The summed E-state index contributed by atoms with van der Waals surface area (Å²) in [5, 5.41) is 3.81. The smallest absolute Gasteiger partial charge is 0.0104 e. The Balaban J connectivity index is 1.75. The van der Waals surface area contributed by atoms with Gasteiger partial charge in [-0.15, -0.1) is 0 Å². The molecule has 2 aliphatic rings. The van der Waals surface area contributed by atoms with Gasteiger partial charge in [0.2, 0.25) is 0 Å². The lowest BCUT2D eigenvalue weighted by molar-refractivity contribution is 0.178. The zero-order chi connectivity index (χ0) is 9.97. The van der Waals surface area contributed by atoms with Gasteiger partial charge >= 0.3 is 0 Å². The fraction of sp³-hybridized carbons (Fsp3) is 1.00. The average molecular weight is 196 g/mol. The van der Waals surface area contributed by atoms with Crippen molar-refractivity contribution in [3.8, 4) is 0 Å². The van der Waals surface area contributed by atoms with Crippen molar-refractivity contribution in [1.29, 1.82) is 0 Å². The first-order valence-electron chi connectivity index (χ1n) is 6.18. The first-order chi connectivity index (χ1) is 6.75. The van der Waals surface area contributed by atoms with E-state index in [4.69, 9.17) is 0 Å². The average Bonchev–Trinajstić information content (AvgIpc) is 2.12. The quantitative estimate of drug-likeness (QED) is 0.743. The van der Waals surface area contributed by atoms with E-state index in [9.17, 15) is 0 Å². The SMILES string of the molecule is CN(C)C1CCCC(NC2CCC2)C1. The number of hydrogen-bond acceptors (Lipinski definition) is 2. The van der Waals surface area contributed by atoms with Gasteiger partial charge in [-0.1, -0.05) is 12.8 Å². The molecule has 2 heteroatoms. The van der Waals surface area contributed by atoms with Crippen LogP contribution in [0.15, 0.2) is 0 Å². The summed E-state index contributed by atoms with van der Waals surface area (Å²) in [5.41, 5.74) is 0. The predicted molar refractivity (Wildman–Crippen MR) is 60.5 cm³/mol. The monoisotopic (exact) mass is 196 g/mol. The van der Waals surface area contributed by atoms with Crippen molar-refractivity contribution in [1.82, 2.24) is 10.2 Å². The summed E-state index contributed by atoms with van der Waals surface area (Å²) in [6.45, 7) is 0. The second-order valence-electron chi connectivity index (χ2n) is 5.28. The maximum Gasteiger partial charge on any atom is 0.0104 e. The van der Waals surface area contributed by atoms with Crippen LogP contribution in [0, 0.1) is 0 Å². The van der Waals surface area contributed by atoms with E-state index in [1.807, 2.05) is 0 Å². The summed E-state index contributed by atoms with van der Waals surface area (Å²) < 4.78 is 0. The van der Waals surface area contributed by atoms with Gasteiger partial charge in [0.05, 0.1) is 0 Å². The Bertz CT molecular complexity index is 175. The van der Waals surface area contributed by atoms with Crippen LogP contribution in [0.2, 0.25) is 0 Å². The Hall–Kier alpha value is -0.0800. The summed E-state index contributed by atoms with van der Waals surface area (Å²) in [7, 11) is 4.44. The Morgan fingerprint density at radius 3 is 2.14 bits per heavy atom. The molecule has 2 nitrogen and oxygen atoms in total. The van der Waals surface area contributed by atoms with E-state index < -0.39 is 0 Å². The third-order valence-electron chi connectivity index (χ3n) is 3.95. The molecule has 0 bridgehead atoms. The van der Waals surface area contributed by atoms with Crippen molar-refractivity contribution in [3.63, 3.8) is 0 Å². The zero-order valence-corrected chi connectivity index (χ0v) is 9.63. The van der Waals surface area contributed by atoms with Crippen LogP contribution in [0.1, 0.15) is 44.9 Å². The maximum absolute atomic E-state index is 3.81. The normalized spacial score (nSPS) is 34.5. The molecule has 0 aliphatic heterocycles. The van der Waals surface area contributed by atoms with Crippen molar-refractivity contribution in [2.45, 2.75) is 63.1 Å². The summed E-state index contributed by atoms with van der Waals surface area (Å²) >= 11 is 0. The molecule has 0 radical (unpaired) electrons. The van der Waals surface area contributed by atoms with Gasteiger partial charge in [0, 0.05) is 18.1 Å². The van der Waals surface area contributed by atoms with Crippen LogP contribution in [-0.4, -0.2) is 37.1 Å². The number of rotatable bonds is 3. The lowest BCUT2D eigenvalue weighted by atomic mass is 9.87. The standard InChI is InChI=1S/C12H24N2/c1-14(2)12-8-4-7-11(9-12)13-10-5-3-6-10/h10-13H,3-9H2,1-2H3. The molecule has 2 aliphatic carbocycles. The highest BCUT2D eigenvalue weighted by Crippen LogP contribution is 2.25. The van der Waals surface area contributed by atoms with Crippen LogP contribution < -0.4 is 5.32 Å². The Morgan fingerprint density at radius 2 is 1.57 bits per heavy atom. The summed E-state index contributed by atoms with van der Waals surface area (Å²) in [6.07, 6.45) is 9.86. The number of nitrogens with one attached hydrogen (secondary N) is 1. The maximum atomic E-state index is 3.81. The Morgan fingerprint density at radius 1 is 0.929 bits per heavy atom. The molecule has 1 N–H and O–H groups in total. The highest BCUT2D eigenvalue weighted by Gasteiger charge is 2.26. The summed E-state index contributed by atoms with van der Waals surface area (Å²) in [5.74, 6) is 0. The molecule has 0 spiro atoms. The second kappa shape index (κ2) is 4.63.